The van der Waals surface area contributed by atoms with Crippen LogP contribution in [0.5, 0.6) is 0 Å². The molecule has 2 nitrogen and oxygen atoms in total. The van der Waals surface area contributed by atoms with Crippen molar-refractivity contribution in [2.75, 3.05) is 6.54 Å². The van der Waals surface area contributed by atoms with Gasteiger partial charge in [-0.25, -0.2) is 4.39 Å². The third-order valence-electron chi connectivity index (χ3n) is 3.61. The minimum Gasteiger partial charge on any atom is -0.456 e. The second-order valence-electron chi connectivity index (χ2n) is 5.20. The first-order chi connectivity index (χ1) is 9.20. The first kappa shape index (κ1) is 12.6. The van der Waals surface area contributed by atoms with Gasteiger partial charge < -0.3 is 9.73 Å². The molecule has 3 rings (SSSR count). The van der Waals surface area contributed by atoms with Crippen LogP contribution in [0.25, 0.3) is 11.0 Å². The van der Waals surface area contributed by atoms with Gasteiger partial charge in [-0.05, 0) is 49.9 Å². The van der Waals surface area contributed by atoms with Crippen LogP contribution in [0.2, 0.25) is 0 Å². The number of benzene rings is 1. The highest BCUT2D eigenvalue weighted by molar-refractivity contribution is 5.78. The molecule has 1 heterocycles. The van der Waals surface area contributed by atoms with Crippen LogP contribution < -0.4 is 5.32 Å². The molecule has 1 unspecified atom stereocenters. The zero-order valence-corrected chi connectivity index (χ0v) is 10.9. The molecule has 2 aromatic rings. The molecule has 0 spiro atoms. The second-order valence-corrected chi connectivity index (χ2v) is 5.20. The van der Waals surface area contributed by atoms with E-state index in [0.29, 0.717) is 11.3 Å². The molecule has 19 heavy (non-hydrogen) atoms. The summed E-state index contributed by atoms with van der Waals surface area (Å²) in [5.74, 6) is -0.484. The molecule has 1 fully saturated rings. The Morgan fingerprint density at radius 1 is 1.37 bits per heavy atom. The van der Waals surface area contributed by atoms with E-state index in [1.165, 1.54) is 0 Å². The summed E-state index contributed by atoms with van der Waals surface area (Å²) in [5, 5.41) is 4.06. The monoisotopic (exact) mass is 265 g/mol. The summed E-state index contributed by atoms with van der Waals surface area (Å²) in [6, 6.07) is 4.64. The number of nitrogens with one attached hydrogen (secondary N) is 1. The van der Waals surface area contributed by atoms with Crippen LogP contribution in [0.3, 0.4) is 0 Å². The molecule has 1 aliphatic carbocycles. The van der Waals surface area contributed by atoms with E-state index in [-0.39, 0.29) is 11.6 Å². The highest BCUT2D eigenvalue weighted by Crippen LogP contribution is 2.42. The summed E-state index contributed by atoms with van der Waals surface area (Å²) in [5.41, 5.74) is 0.0268. The van der Waals surface area contributed by atoms with Gasteiger partial charge in [0, 0.05) is 5.39 Å². The van der Waals surface area contributed by atoms with E-state index in [4.69, 9.17) is 4.42 Å². The molecule has 102 valence electrons. The number of rotatable bonds is 5. The molecule has 1 saturated carbocycles. The van der Waals surface area contributed by atoms with Gasteiger partial charge in [0.05, 0.1) is 6.04 Å². The maximum Gasteiger partial charge on any atom is 0.201 e. The van der Waals surface area contributed by atoms with Gasteiger partial charge in [-0.1, -0.05) is 6.92 Å². The normalized spacial score (nSPS) is 17.0. The Morgan fingerprint density at radius 2 is 2.16 bits per heavy atom. The minimum absolute atomic E-state index is 0.0268. The maximum atomic E-state index is 13.7. The van der Waals surface area contributed by atoms with Crippen LogP contribution in [0.15, 0.2) is 22.6 Å². The fourth-order valence-corrected chi connectivity index (χ4v) is 2.45. The molecule has 1 aliphatic rings. The Balaban J connectivity index is 1.96. The fraction of sp³-hybridized carbons (Fsp3) is 0.467. The third-order valence-corrected chi connectivity index (χ3v) is 3.61. The number of halogens is 2. The highest BCUT2D eigenvalue weighted by Gasteiger charge is 2.34. The van der Waals surface area contributed by atoms with E-state index in [1.807, 2.05) is 6.07 Å². The second kappa shape index (κ2) is 4.93. The molecule has 1 N–H and O–H groups in total. The molecule has 1 aromatic heterocycles. The zero-order valence-electron chi connectivity index (χ0n) is 10.9. The maximum absolute atomic E-state index is 13.7. The molecule has 0 aliphatic heterocycles. The van der Waals surface area contributed by atoms with Crippen molar-refractivity contribution < 1.29 is 13.2 Å². The SMILES string of the molecule is CCCNC(c1cc2ccc(F)c(F)c2o1)C1CC1. The molecular formula is C15H17F2NO. The lowest BCUT2D eigenvalue weighted by Gasteiger charge is -2.14. The summed E-state index contributed by atoms with van der Waals surface area (Å²) < 4.78 is 32.4. The quantitative estimate of drug-likeness (QED) is 0.878. The van der Waals surface area contributed by atoms with Crippen LogP contribution in [-0.2, 0) is 0 Å². The molecule has 0 amide bonds. The molecule has 1 atom stereocenters. The van der Waals surface area contributed by atoms with E-state index >= 15 is 0 Å². The van der Waals surface area contributed by atoms with E-state index in [1.54, 1.807) is 6.07 Å². The Kier molecular flexibility index (Phi) is 3.27. The molecule has 4 heteroatoms. The van der Waals surface area contributed by atoms with E-state index < -0.39 is 11.6 Å². The smallest absolute Gasteiger partial charge is 0.201 e. The first-order valence-corrected chi connectivity index (χ1v) is 6.81. The number of fused-ring (bicyclic) bond motifs is 1. The highest BCUT2D eigenvalue weighted by atomic mass is 19.2. The average Bonchev–Trinajstić information content (AvgIpc) is 3.14. The Hall–Kier alpha value is -1.42. The van der Waals surface area contributed by atoms with Crippen molar-refractivity contribution in [1.82, 2.24) is 5.32 Å². The van der Waals surface area contributed by atoms with Gasteiger partial charge in [0.2, 0.25) is 5.82 Å². The van der Waals surface area contributed by atoms with Crippen molar-refractivity contribution in [3.63, 3.8) is 0 Å². The predicted octanol–water partition coefficient (Wildman–Crippen LogP) is 4.16. The van der Waals surface area contributed by atoms with Gasteiger partial charge in [0.25, 0.3) is 0 Å². The van der Waals surface area contributed by atoms with Crippen molar-refractivity contribution in [2.45, 2.75) is 32.2 Å². The van der Waals surface area contributed by atoms with Crippen molar-refractivity contribution >= 4 is 11.0 Å². The molecule has 0 bridgehead atoms. The summed E-state index contributed by atoms with van der Waals surface area (Å²) in [7, 11) is 0. The van der Waals surface area contributed by atoms with Gasteiger partial charge in [-0.2, -0.15) is 4.39 Å². The zero-order chi connectivity index (χ0) is 13.4. The van der Waals surface area contributed by atoms with E-state index in [2.05, 4.69) is 12.2 Å². The van der Waals surface area contributed by atoms with Gasteiger partial charge in [0.15, 0.2) is 11.4 Å². The summed E-state index contributed by atoms with van der Waals surface area (Å²) >= 11 is 0. The van der Waals surface area contributed by atoms with Gasteiger partial charge in [-0.3, -0.25) is 0 Å². The Morgan fingerprint density at radius 3 is 2.84 bits per heavy atom. The van der Waals surface area contributed by atoms with Gasteiger partial charge in [-0.15, -0.1) is 0 Å². The third kappa shape index (κ3) is 2.37. The van der Waals surface area contributed by atoms with Crippen LogP contribution >= 0.6 is 0 Å². The van der Waals surface area contributed by atoms with Gasteiger partial charge >= 0.3 is 0 Å². The summed E-state index contributed by atoms with van der Waals surface area (Å²) in [6.45, 7) is 3.00. The summed E-state index contributed by atoms with van der Waals surface area (Å²) in [4.78, 5) is 0. The molecule has 1 aromatic carbocycles. The predicted molar refractivity (Wildman–Crippen MR) is 69.9 cm³/mol. The lowest BCUT2D eigenvalue weighted by molar-refractivity contribution is 0.389. The summed E-state index contributed by atoms with van der Waals surface area (Å²) in [6.07, 6.45) is 3.36. The average molecular weight is 265 g/mol. The minimum atomic E-state index is -0.895. The van der Waals surface area contributed by atoms with Crippen LogP contribution in [0, 0.1) is 17.6 Å². The standard InChI is InChI=1S/C15H17F2NO/c1-2-7-18-14(9-3-4-9)12-8-10-5-6-11(16)13(17)15(10)19-12/h5-6,8-9,14,18H,2-4,7H2,1H3. The van der Waals surface area contributed by atoms with Crippen molar-refractivity contribution in [2.24, 2.45) is 5.92 Å². The topological polar surface area (TPSA) is 25.2 Å². The lowest BCUT2D eigenvalue weighted by atomic mass is 10.1. The fourth-order valence-electron chi connectivity index (χ4n) is 2.45. The Bertz CT molecular complexity index is 589. The van der Waals surface area contributed by atoms with E-state index in [0.717, 1.165) is 37.6 Å². The van der Waals surface area contributed by atoms with Crippen molar-refractivity contribution in [3.05, 3.63) is 35.6 Å². The molecule has 0 saturated heterocycles. The van der Waals surface area contributed by atoms with Crippen molar-refractivity contribution in [1.29, 1.82) is 0 Å². The Labute approximate surface area is 110 Å². The molecular weight excluding hydrogens is 248 g/mol. The molecule has 0 radical (unpaired) electrons. The van der Waals surface area contributed by atoms with Crippen molar-refractivity contribution in [3.8, 4) is 0 Å². The lowest BCUT2D eigenvalue weighted by Crippen LogP contribution is -2.23. The van der Waals surface area contributed by atoms with Crippen LogP contribution in [0.1, 0.15) is 38.0 Å². The van der Waals surface area contributed by atoms with Crippen LogP contribution in [-0.4, -0.2) is 6.54 Å². The van der Waals surface area contributed by atoms with Gasteiger partial charge in [0.1, 0.15) is 5.76 Å². The number of furan rings is 1. The first-order valence-electron chi connectivity index (χ1n) is 6.81. The van der Waals surface area contributed by atoms with E-state index in [9.17, 15) is 8.78 Å². The number of hydrogen-bond acceptors (Lipinski definition) is 2. The number of hydrogen-bond donors (Lipinski definition) is 1. The largest absolute Gasteiger partial charge is 0.456 e. The van der Waals surface area contributed by atoms with Crippen LogP contribution in [0.4, 0.5) is 8.78 Å².